The molecule has 1 aromatic heterocycles. The van der Waals surface area contributed by atoms with Crippen molar-refractivity contribution in [2.45, 2.75) is 17.4 Å². The molecule has 2 aromatic rings. The van der Waals surface area contributed by atoms with E-state index in [1.165, 1.54) is 10.9 Å². The van der Waals surface area contributed by atoms with Gasteiger partial charge >= 0.3 is 0 Å². The van der Waals surface area contributed by atoms with Crippen LogP contribution in [0.2, 0.25) is 0 Å². The topological polar surface area (TPSA) is 26.0 Å². The van der Waals surface area contributed by atoms with Crippen molar-refractivity contribution in [3.05, 3.63) is 50.9 Å². The predicted molar refractivity (Wildman–Crippen MR) is 80.8 cm³/mol. The Morgan fingerprint density at radius 3 is 2.89 bits per heavy atom. The molecule has 0 radical (unpaired) electrons. The number of nitrogens with two attached hydrogens (primary N) is 1. The van der Waals surface area contributed by atoms with Gasteiger partial charge in [-0.25, -0.2) is 4.39 Å². The molecular formula is C13H13BrFNS2. The molecule has 96 valence electrons. The lowest BCUT2D eigenvalue weighted by atomic mass is 10.2. The summed E-state index contributed by atoms with van der Waals surface area (Å²) in [5.41, 5.74) is 6.09. The summed E-state index contributed by atoms with van der Waals surface area (Å²) in [5.74, 6) is 0.586. The first-order valence-electron chi connectivity index (χ1n) is 5.51. The summed E-state index contributed by atoms with van der Waals surface area (Å²) in [6, 6.07) is 8.73. The number of hydrogen-bond donors (Lipinski definition) is 1. The van der Waals surface area contributed by atoms with Crippen LogP contribution in [-0.4, -0.2) is 11.8 Å². The zero-order valence-corrected chi connectivity index (χ0v) is 12.8. The Balaban J connectivity index is 1.85. The number of benzene rings is 1. The number of halogens is 2. The van der Waals surface area contributed by atoms with Crippen LogP contribution in [0.4, 0.5) is 4.39 Å². The molecule has 5 heteroatoms. The quantitative estimate of drug-likeness (QED) is 0.817. The molecule has 1 nitrogen and oxygen atoms in total. The summed E-state index contributed by atoms with van der Waals surface area (Å²) < 4.78 is 14.1. The molecular weight excluding hydrogens is 333 g/mol. The Kier molecular flexibility index (Phi) is 5.24. The van der Waals surface area contributed by atoms with Crippen LogP contribution < -0.4 is 5.73 Å². The largest absolute Gasteiger partial charge is 0.327 e. The molecule has 0 saturated carbocycles. The van der Waals surface area contributed by atoms with Crippen molar-refractivity contribution in [2.75, 3.05) is 5.75 Å². The van der Waals surface area contributed by atoms with Gasteiger partial charge in [-0.15, -0.1) is 23.1 Å². The van der Waals surface area contributed by atoms with Crippen LogP contribution in [0.25, 0.3) is 0 Å². The lowest BCUT2D eigenvalue weighted by molar-refractivity contribution is 0.624. The van der Waals surface area contributed by atoms with Gasteiger partial charge in [0.05, 0.1) is 0 Å². The maximum absolute atomic E-state index is 13.0. The molecule has 0 amide bonds. The van der Waals surface area contributed by atoms with Crippen LogP contribution in [0.15, 0.2) is 45.1 Å². The first-order valence-corrected chi connectivity index (χ1v) is 8.17. The molecule has 2 N–H and O–H groups in total. The molecule has 0 bridgehead atoms. The van der Waals surface area contributed by atoms with Crippen LogP contribution in [0.1, 0.15) is 4.88 Å². The smallest absolute Gasteiger partial charge is 0.124 e. The van der Waals surface area contributed by atoms with Gasteiger partial charge in [0.15, 0.2) is 0 Å². The van der Waals surface area contributed by atoms with Gasteiger partial charge in [-0.2, -0.15) is 0 Å². The first kappa shape index (κ1) is 14.1. The SMILES string of the molecule is NC(CSc1cccc(F)c1)Cc1sccc1Br. The third-order valence-corrected chi connectivity index (χ3v) is 5.53. The highest BCUT2D eigenvalue weighted by atomic mass is 79.9. The van der Waals surface area contributed by atoms with Gasteiger partial charge in [0, 0.05) is 26.0 Å². The van der Waals surface area contributed by atoms with E-state index in [-0.39, 0.29) is 11.9 Å². The van der Waals surface area contributed by atoms with Gasteiger partial charge in [-0.1, -0.05) is 6.07 Å². The lowest BCUT2D eigenvalue weighted by Gasteiger charge is -2.10. The summed E-state index contributed by atoms with van der Waals surface area (Å²) in [4.78, 5) is 2.19. The molecule has 2 rings (SSSR count). The number of thiophene rings is 1. The maximum atomic E-state index is 13.0. The molecule has 0 spiro atoms. The highest BCUT2D eigenvalue weighted by molar-refractivity contribution is 9.10. The van der Waals surface area contributed by atoms with Gasteiger partial charge < -0.3 is 5.73 Å². The zero-order chi connectivity index (χ0) is 13.0. The maximum Gasteiger partial charge on any atom is 0.124 e. The molecule has 0 aliphatic heterocycles. The van der Waals surface area contributed by atoms with Crippen molar-refractivity contribution in [1.29, 1.82) is 0 Å². The monoisotopic (exact) mass is 345 g/mol. The molecule has 1 heterocycles. The van der Waals surface area contributed by atoms with Crippen molar-refractivity contribution in [3.8, 4) is 0 Å². The average Bonchev–Trinajstić information content (AvgIpc) is 2.73. The van der Waals surface area contributed by atoms with Crippen LogP contribution >= 0.6 is 39.0 Å². The fourth-order valence-electron chi connectivity index (χ4n) is 1.53. The average molecular weight is 346 g/mol. The summed E-state index contributed by atoms with van der Waals surface area (Å²) >= 11 is 6.80. The van der Waals surface area contributed by atoms with E-state index in [9.17, 15) is 4.39 Å². The molecule has 0 saturated heterocycles. The van der Waals surface area contributed by atoms with Crippen molar-refractivity contribution >= 4 is 39.0 Å². The number of hydrogen-bond acceptors (Lipinski definition) is 3. The minimum absolute atomic E-state index is 0.0771. The lowest BCUT2D eigenvalue weighted by Crippen LogP contribution is -2.25. The second-order valence-electron chi connectivity index (χ2n) is 3.92. The van der Waals surface area contributed by atoms with Crippen LogP contribution in [0.3, 0.4) is 0 Å². The predicted octanol–water partition coefficient (Wildman–Crippen LogP) is 4.31. The van der Waals surface area contributed by atoms with Crippen LogP contribution in [0.5, 0.6) is 0 Å². The van der Waals surface area contributed by atoms with E-state index >= 15 is 0 Å². The Bertz CT molecular complexity index is 515. The number of thioether (sulfide) groups is 1. The summed E-state index contributed by atoms with van der Waals surface area (Å²) in [7, 11) is 0. The highest BCUT2D eigenvalue weighted by Crippen LogP contribution is 2.25. The third kappa shape index (κ3) is 4.09. The minimum atomic E-state index is -0.199. The normalized spacial score (nSPS) is 12.6. The summed E-state index contributed by atoms with van der Waals surface area (Å²) in [5, 5.41) is 2.05. The van der Waals surface area contributed by atoms with Gasteiger partial charge in [-0.05, 0) is 52.0 Å². The van der Waals surface area contributed by atoms with Crippen LogP contribution in [-0.2, 0) is 6.42 Å². The van der Waals surface area contributed by atoms with Crippen molar-refractivity contribution < 1.29 is 4.39 Å². The standard InChI is InChI=1S/C13H13BrFNS2/c14-12-4-5-17-13(12)7-10(16)8-18-11-3-1-2-9(15)6-11/h1-6,10H,7-8,16H2. The van der Waals surface area contributed by atoms with Crippen molar-refractivity contribution in [3.63, 3.8) is 0 Å². The molecule has 1 aromatic carbocycles. The van der Waals surface area contributed by atoms with Gasteiger partial charge in [0.25, 0.3) is 0 Å². The first-order chi connectivity index (χ1) is 8.65. The zero-order valence-electron chi connectivity index (χ0n) is 9.61. The molecule has 1 atom stereocenters. The van der Waals surface area contributed by atoms with Crippen molar-refractivity contribution in [1.82, 2.24) is 0 Å². The van der Waals surface area contributed by atoms with E-state index in [0.29, 0.717) is 0 Å². The summed E-state index contributed by atoms with van der Waals surface area (Å²) in [6.45, 7) is 0. The molecule has 0 aliphatic carbocycles. The Morgan fingerprint density at radius 1 is 1.39 bits per heavy atom. The van der Waals surface area contributed by atoms with E-state index in [1.807, 2.05) is 17.5 Å². The highest BCUT2D eigenvalue weighted by Gasteiger charge is 2.09. The fourth-order valence-corrected chi connectivity index (χ4v) is 4.03. The van der Waals surface area contributed by atoms with Gasteiger partial charge in [0.1, 0.15) is 5.82 Å². The van der Waals surface area contributed by atoms with E-state index in [4.69, 9.17) is 5.73 Å². The van der Waals surface area contributed by atoms with Crippen molar-refractivity contribution in [2.24, 2.45) is 5.73 Å². The van der Waals surface area contributed by atoms with E-state index in [0.717, 1.165) is 21.5 Å². The molecule has 0 fully saturated rings. The summed E-state index contributed by atoms with van der Waals surface area (Å²) in [6.07, 6.45) is 0.848. The Hall–Kier alpha value is -0.360. The van der Waals surface area contributed by atoms with E-state index in [2.05, 4.69) is 15.9 Å². The Labute approximate surface area is 123 Å². The number of rotatable bonds is 5. The second-order valence-corrected chi connectivity index (χ2v) is 6.87. The second kappa shape index (κ2) is 6.70. The fraction of sp³-hybridized carbons (Fsp3) is 0.231. The van der Waals surface area contributed by atoms with E-state index in [1.54, 1.807) is 35.2 Å². The molecule has 18 heavy (non-hydrogen) atoms. The third-order valence-electron chi connectivity index (χ3n) is 2.40. The van der Waals surface area contributed by atoms with Gasteiger partial charge in [0.2, 0.25) is 0 Å². The van der Waals surface area contributed by atoms with Gasteiger partial charge in [-0.3, -0.25) is 0 Å². The van der Waals surface area contributed by atoms with E-state index < -0.39 is 0 Å². The molecule has 1 unspecified atom stereocenters. The minimum Gasteiger partial charge on any atom is -0.327 e. The van der Waals surface area contributed by atoms with Crippen LogP contribution in [0, 0.1) is 5.82 Å². The molecule has 0 aliphatic rings. The Morgan fingerprint density at radius 2 is 2.22 bits per heavy atom.